The Hall–Kier alpha value is -1.87. The van der Waals surface area contributed by atoms with Crippen LogP contribution in [-0.4, -0.2) is 15.0 Å². The molecule has 1 N–H and O–H groups in total. The number of H-pyrrole nitrogens is 1. The van der Waals surface area contributed by atoms with E-state index in [1.165, 1.54) is 5.56 Å². The Morgan fingerprint density at radius 3 is 2.67 bits per heavy atom. The van der Waals surface area contributed by atoms with E-state index in [0.29, 0.717) is 5.02 Å². The van der Waals surface area contributed by atoms with Crippen LogP contribution in [0.5, 0.6) is 0 Å². The van der Waals surface area contributed by atoms with Gasteiger partial charge in [-0.1, -0.05) is 17.7 Å². The van der Waals surface area contributed by atoms with E-state index in [4.69, 9.17) is 11.6 Å². The van der Waals surface area contributed by atoms with Gasteiger partial charge >= 0.3 is 0 Å². The normalized spacial score (nSPS) is 10.9. The highest BCUT2D eigenvalue weighted by Crippen LogP contribution is 2.21. The van der Waals surface area contributed by atoms with Crippen LogP contribution in [0.15, 0.2) is 42.7 Å². The highest BCUT2D eigenvalue weighted by molar-refractivity contribution is 6.34. The minimum Gasteiger partial charge on any atom is -0.342 e. The first-order chi connectivity index (χ1) is 8.83. The molecule has 2 aromatic heterocycles. The van der Waals surface area contributed by atoms with Crippen molar-refractivity contribution in [2.45, 2.75) is 12.8 Å². The van der Waals surface area contributed by atoms with E-state index in [1.807, 2.05) is 42.7 Å². The number of nitrogens with zero attached hydrogens (tertiary/aromatic N) is 2. The topological polar surface area (TPSA) is 41.6 Å². The summed E-state index contributed by atoms with van der Waals surface area (Å²) in [5, 5.41) is 0.693. The van der Waals surface area contributed by atoms with Gasteiger partial charge in [0.05, 0.1) is 10.5 Å². The number of hydrogen-bond donors (Lipinski definition) is 1. The summed E-state index contributed by atoms with van der Waals surface area (Å²) in [5.41, 5.74) is 3.10. The van der Waals surface area contributed by atoms with E-state index in [1.54, 1.807) is 0 Å². The maximum Gasteiger partial charge on any atom is 0.107 e. The lowest BCUT2D eigenvalue weighted by molar-refractivity contribution is 0.888. The monoisotopic (exact) mass is 257 g/mol. The van der Waals surface area contributed by atoms with Gasteiger partial charge in [-0.15, -0.1) is 0 Å². The van der Waals surface area contributed by atoms with E-state index in [9.17, 15) is 0 Å². The van der Waals surface area contributed by atoms with Crippen LogP contribution in [0.25, 0.3) is 11.0 Å². The number of para-hydroxylation sites is 1. The fourth-order valence-electron chi connectivity index (χ4n) is 1.98. The van der Waals surface area contributed by atoms with E-state index in [0.717, 1.165) is 29.7 Å². The highest BCUT2D eigenvalue weighted by atomic mass is 35.5. The lowest BCUT2D eigenvalue weighted by Crippen LogP contribution is -1.93. The van der Waals surface area contributed by atoms with Crippen LogP contribution in [0, 0.1) is 0 Å². The fraction of sp³-hybridized carbons (Fsp3) is 0.143. The van der Waals surface area contributed by atoms with Gasteiger partial charge in [0.2, 0.25) is 0 Å². The Kier molecular flexibility index (Phi) is 2.99. The largest absolute Gasteiger partial charge is 0.342 e. The lowest BCUT2D eigenvalue weighted by atomic mass is 10.1. The molecule has 0 aliphatic carbocycles. The van der Waals surface area contributed by atoms with Crippen molar-refractivity contribution in [1.82, 2.24) is 15.0 Å². The van der Waals surface area contributed by atoms with Crippen molar-refractivity contribution in [2.75, 3.05) is 0 Å². The number of halogens is 1. The Morgan fingerprint density at radius 2 is 1.89 bits per heavy atom. The van der Waals surface area contributed by atoms with Gasteiger partial charge in [0, 0.05) is 18.8 Å². The molecule has 1 aromatic carbocycles. The van der Waals surface area contributed by atoms with Gasteiger partial charge < -0.3 is 4.98 Å². The number of benzene rings is 1. The summed E-state index contributed by atoms with van der Waals surface area (Å²) in [7, 11) is 0. The number of aromatic amines is 1. The van der Waals surface area contributed by atoms with Gasteiger partial charge in [-0.2, -0.15) is 0 Å². The number of nitrogens with one attached hydrogen (secondary N) is 1. The summed E-state index contributed by atoms with van der Waals surface area (Å²) >= 11 is 6.10. The number of aryl methyl sites for hydroxylation is 2. The molecular formula is C14H12ClN3. The molecule has 3 rings (SSSR count). The SMILES string of the molecule is Clc1cccc2[nH]c(CCc3ccncc3)nc12. The molecule has 0 saturated carbocycles. The molecule has 3 nitrogen and oxygen atoms in total. The average molecular weight is 258 g/mol. The predicted octanol–water partition coefficient (Wildman–Crippen LogP) is 3.40. The summed E-state index contributed by atoms with van der Waals surface area (Å²) in [5.74, 6) is 0.968. The van der Waals surface area contributed by atoms with Gasteiger partial charge in [0.25, 0.3) is 0 Å². The molecule has 0 unspecified atom stereocenters. The molecule has 0 radical (unpaired) electrons. The number of fused-ring (bicyclic) bond motifs is 1. The smallest absolute Gasteiger partial charge is 0.107 e. The lowest BCUT2D eigenvalue weighted by Gasteiger charge is -1.97. The third kappa shape index (κ3) is 2.22. The predicted molar refractivity (Wildman–Crippen MR) is 72.7 cm³/mol. The summed E-state index contributed by atoms with van der Waals surface area (Å²) in [6.07, 6.45) is 5.44. The molecule has 3 aromatic rings. The minimum absolute atomic E-state index is 0.693. The molecule has 18 heavy (non-hydrogen) atoms. The standard InChI is InChI=1S/C14H12ClN3/c15-11-2-1-3-12-14(11)18-13(17-12)5-4-10-6-8-16-9-7-10/h1-3,6-9H,4-5H2,(H,17,18). The molecule has 0 amide bonds. The van der Waals surface area contributed by atoms with E-state index < -0.39 is 0 Å². The first-order valence-corrected chi connectivity index (χ1v) is 6.23. The van der Waals surface area contributed by atoms with Crippen LogP contribution in [0.2, 0.25) is 5.02 Å². The van der Waals surface area contributed by atoms with Gasteiger partial charge in [-0.05, 0) is 36.2 Å². The number of aromatic nitrogens is 3. The molecule has 90 valence electrons. The summed E-state index contributed by atoms with van der Waals surface area (Å²) < 4.78 is 0. The van der Waals surface area contributed by atoms with Crippen molar-refractivity contribution < 1.29 is 0 Å². The second-order valence-electron chi connectivity index (χ2n) is 4.17. The van der Waals surface area contributed by atoms with Crippen molar-refractivity contribution in [3.05, 3.63) is 59.1 Å². The maximum absolute atomic E-state index is 6.10. The summed E-state index contributed by atoms with van der Waals surface area (Å²) in [6.45, 7) is 0. The number of imidazole rings is 1. The number of pyridine rings is 1. The molecule has 2 heterocycles. The van der Waals surface area contributed by atoms with E-state index in [2.05, 4.69) is 15.0 Å². The second-order valence-corrected chi connectivity index (χ2v) is 4.58. The van der Waals surface area contributed by atoms with Gasteiger partial charge in [0.1, 0.15) is 11.3 Å². The Balaban J connectivity index is 1.81. The average Bonchev–Trinajstić information content (AvgIpc) is 2.82. The zero-order valence-corrected chi connectivity index (χ0v) is 10.5. The van der Waals surface area contributed by atoms with Crippen LogP contribution in [-0.2, 0) is 12.8 Å². The molecule has 0 saturated heterocycles. The first-order valence-electron chi connectivity index (χ1n) is 5.85. The molecule has 0 atom stereocenters. The quantitative estimate of drug-likeness (QED) is 0.781. The van der Waals surface area contributed by atoms with Crippen LogP contribution < -0.4 is 0 Å². The minimum atomic E-state index is 0.693. The maximum atomic E-state index is 6.10. The van der Waals surface area contributed by atoms with E-state index >= 15 is 0 Å². The first kappa shape index (κ1) is 11.2. The summed E-state index contributed by atoms with van der Waals surface area (Å²) in [6, 6.07) is 9.82. The van der Waals surface area contributed by atoms with Gasteiger partial charge in [-0.25, -0.2) is 4.98 Å². The molecule has 0 fully saturated rings. The Labute approximate surface area is 110 Å². The van der Waals surface area contributed by atoms with Crippen molar-refractivity contribution in [1.29, 1.82) is 0 Å². The van der Waals surface area contributed by atoms with Crippen LogP contribution in [0.1, 0.15) is 11.4 Å². The zero-order chi connectivity index (χ0) is 12.4. The summed E-state index contributed by atoms with van der Waals surface area (Å²) in [4.78, 5) is 11.8. The second kappa shape index (κ2) is 4.78. The van der Waals surface area contributed by atoms with Crippen molar-refractivity contribution in [2.24, 2.45) is 0 Å². The molecule has 0 aliphatic heterocycles. The molecule has 0 aliphatic rings. The molecular weight excluding hydrogens is 246 g/mol. The van der Waals surface area contributed by atoms with Crippen molar-refractivity contribution in [3.8, 4) is 0 Å². The van der Waals surface area contributed by atoms with Gasteiger partial charge in [0.15, 0.2) is 0 Å². The van der Waals surface area contributed by atoms with Crippen LogP contribution >= 0.6 is 11.6 Å². The van der Waals surface area contributed by atoms with Crippen molar-refractivity contribution >= 4 is 22.6 Å². The molecule has 0 bridgehead atoms. The van der Waals surface area contributed by atoms with Crippen LogP contribution in [0.3, 0.4) is 0 Å². The highest BCUT2D eigenvalue weighted by Gasteiger charge is 2.05. The van der Waals surface area contributed by atoms with E-state index in [-0.39, 0.29) is 0 Å². The zero-order valence-electron chi connectivity index (χ0n) is 9.73. The number of rotatable bonds is 3. The van der Waals surface area contributed by atoms with Crippen LogP contribution in [0.4, 0.5) is 0 Å². The number of hydrogen-bond acceptors (Lipinski definition) is 2. The van der Waals surface area contributed by atoms with Crippen molar-refractivity contribution in [3.63, 3.8) is 0 Å². The fourth-order valence-corrected chi connectivity index (χ4v) is 2.20. The Morgan fingerprint density at radius 1 is 1.06 bits per heavy atom. The molecule has 4 heteroatoms. The molecule has 0 spiro atoms. The Bertz CT molecular complexity index is 661. The van der Waals surface area contributed by atoms with Gasteiger partial charge in [-0.3, -0.25) is 4.98 Å². The third-order valence-electron chi connectivity index (χ3n) is 2.91. The third-order valence-corrected chi connectivity index (χ3v) is 3.22.